The van der Waals surface area contributed by atoms with Crippen LogP contribution in [-0.4, -0.2) is 38.3 Å². The van der Waals surface area contributed by atoms with Crippen molar-refractivity contribution in [1.82, 2.24) is 10.7 Å². The maximum Gasteiger partial charge on any atom is 0.251 e. The van der Waals surface area contributed by atoms with Gasteiger partial charge in [-0.25, -0.2) is 5.43 Å². The van der Waals surface area contributed by atoms with Crippen molar-refractivity contribution in [1.29, 1.82) is 0 Å². The van der Waals surface area contributed by atoms with Crippen LogP contribution in [0.25, 0.3) is 0 Å². The molecule has 0 aliphatic rings. The second-order valence-corrected chi connectivity index (χ2v) is 7.00. The van der Waals surface area contributed by atoms with Crippen LogP contribution < -0.4 is 20.2 Å². The lowest BCUT2D eigenvalue weighted by molar-refractivity contribution is -0.120. The molecule has 30 heavy (non-hydrogen) atoms. The molecule has 0 fully saturated rings. The largest absolute Gasteiger partial charge is 0.493 e. The number of carbonyl (C=O) groups excluding carboxylic acids is 2. The van der Waals surface area contributed by atoms with Gasteiger partial charge in [0.15, 0.2) is 11.5 Å². The Labute approximate surface area is 185 Å². The Balaban J connectivity index is 1.79. The predicted octanol–water partition coefficient (Wildman–Crippen LogP) is 4.06. The fraction of sp³-hybridized carbons (Fsp3) is 0.286. The molecule has 0 atom stereocenters. The van der Waals surface area contributed by atoms with Crippen LogP contribution in [0.2, 0.25) is 10.0 Å². The molecule has 160 valence electrons. The second kappa shape index (κ2) is 12.0. The van der Waals surface area contributed by atoms with Gasteiger partial charge in [0.1, 0.15) is 0 Å². The minimum Gasteiger partial charge on any atom is -0.493 e. The molecule has 0 heterocycles. The van der Waals surface area contributed by atoms with Crippen LogP contribution in [0, 0.1) is 0 Å². The van der Waals surface area contributed by atoms with E-state index in [4.69, 9.17) is 32.7 Å². The first kappa shape index (κ1) is 23.5. The summed E-state index contributed by atoms with van der Waals surface area (Å²) in [4.78, 5) is 23.9. The lowest BCUT2D eigenvalue weighted by Gasteiger charge is -2.10. The molecule has 2 amide bonds. The average molecular weight is 452 g/mol. The van der Waals surface area contributed by atoms with Gasteiger partial charge in [0.25, 0.3) is 5.91 Å². The Hall–Kier alpha value is -2.77. The normalized spacial score (nSPS) is 10.7. The molecule has 0 bridgehead atoms. The molecular formula is C21H23Cl2N3O4. The lowest BCUT2D eigenvalue weighted by Crippen LogP contribution is -2.29. The minimum atomic E-state index is -0.345. The number of halogens is 2. The van der Waals surface area contributed by atoms with E-state index in [1.54, 1.807) is 31.4 Å². The van der Waals surface area contributed by atoms with Gasteiger partial charge in [-0.1, -0.05) is 30.1 Å². The first-order valence-corrected chi connectivity index (χ1v) is 10.1. The molecule has 9 heteroatoms. The topological polar surface area (TPSA) is 89.0 Å². The summed E-state index contributed by atoms with van der Waals surface area (Å²) < 4.78 is 10.9. The van der Waals surface area contributed by atoms with E-state index >= 15 is 0 Å². The van der Waals surface area contributed by atoms with Gasteiger partial charge in [0.2, 0.25) is 5.91 Å². The number of nitrogens with zero attached hydrogens (tertiary/aromatic N) is 1. The van der Waals surface area contributed by atoms with Gasteiger partial charge in [-0.15, -0.1) is 0 Å². The highest BCUT2D eigenvalue weighted by Gasteiger charge is 2.09. The number of hydrogen-bond donors (Lipinski definition) is 2. The molecule has 0 saturated heterocycles. The molecule has 0 radical (unpaired) electrons. The third-order valence-corrected chi connectivity index (χ3v) is 4.61. The van der Waals surface area contributed by atoms with Crippen molar-refractivity contribution in [3.8, 4) is 11.5 Å². The maximum absolute atomic E-state index is 12.0. The highest BCUT2D eigenvalue weighted by atomic mass is 35.5. The van der Waals surface area contributed by atoms with Gasteiger partial charge in [0, 0.05) is 18.5 Å². The summed E-state index contributed by atoms with van der Waals surface area (Å²) in [5.74, 6) is 0.555. The lowest BCUT2D eigenvalue weighted by atomic mass is 10.2. The van der Waals surface area contributed by atoms with E-state index in [1.807, 2.05) is 6.92 Å². The predicted molar refractivity (Wildman–Crippen MR) is 118 cm³/mol. The van der Waals surface area contributed by atoms with Gasteiger partial charge >= 0.3 is 0 Å². The molecular weight excluding hydrogens is 429 g/mol. The van der Waals surface area contributed by atoms with E-state index in [0.717, 1.165) is 12.0 Å². The van der Waals surface area contributed by atoms with Crippen LogP contribution in [0.4, 0.5) is 0 Å². The monoisotopic (exact) mass is 451 g/mol. The molecule has 0 spiro atoms. The number of carbonyl (C=O) groups is 2. The zero-order chi connectivity index (χ0) is 21.9. The molecule has 2 aromatic rings. The third-order valence-electron chi connectivity index (χ3n) is 3.87. The number of hydrazone groups is 1. The SMILES string of the molecule is CCCOc1ccc(C=NNC(=O)CCNC(=O)c2ccc(Cl)c(Cl)c2)cc1OC. The number of amides is 2. The highest BCUT2D eigenvalue weighted by molar-refractivity contribution is 6.42. The Kier molecular flexibility index (Phi) is 9.44. The molecule has 0 aromatic heterocycles. The van der Waals surface area contributed by atoms with E-state index in [0.29, 0.717) is 28.7 Å². The van der Waals surface area contributed by atoms with Gasteiger partial charge in [-0.2, -0.15) is 5.10 Å². The van der Waals surface area contributed by atoms with Gasteiger partial charge in [-0.05, 0) is 48.4 Å². The van der Waals surface area contributed by atoms with Crippen LogP contribution in [0.15, 0.2) is 41.5 Å². The third kappa shape index (κ3) is 7.24. The van der Waals surface area contributed by atoms with Gasteiger partial charge in [-0.3, -0.25) is 9.59 Å². The van der Waals surface area contributed by atoms with Crippen molar-refractivity contribution in [2.24, 2.45) is 5.10 Å². The molecule has 7 nitrogen and oxygen atoms in total. The number of rotatable bonds is 10. The first-order valence-electron chi connectivity index (χ1n) is 9.30. The van der Waals surface area contributed by atoms with Crippen LogP contribution in [0.1, 0.15) is 35.7 Å². The van der Waals surface area contributed by atoms with Crippen LogP contribution in [-0.2, 0) is 4.79 Å². The molecule has 2 rings (SSSR count). The second-order valence-electron chi connectivity index (χ2n) is 6.19. The van der Waals surface area contributed by atoms with E-state index in [2.05, 4.69) is 15.8 Å². The molecule has 0 unspecified atom stereocenters. The number of nitrogens with one attached hydrogen (secondary N) is 2. The zero-order valence-electron chi connectivity index (χ0n) is 16.7. The van der Waals surface area contributed by atoms with Crippen molar-refractivity contribution >= 4 is 41.2 Å². The highest BCUT2D eigenvalue weighted by Crippen LogP contribution is 2.27. The average Bonchev–Trinajstić information content (AvgIpc) is 2.74. The van der Waals surface area contributed by atoms with Crippen molar-refractivity contribution < 1.29 is 19.1 Å². The van der Waals surface area contributed by atoms with Crippen molar-refractivity contribution in [3.05, 3.63) is 57.6 Å². The van der Waals surface area contributed by atoms with E-state index in [9.17, 15) is 9.59 Å². The number of benzene rings is 2. The molecule has 0 aliphatic carbocycles. The molecule has 2 N–H and O–H groups in total. The summed E-state index contributed by atoms with van der Waals surface area (Å²) >= 11 is 11.7. The summed E-state index contributed by atoms with van der Waals surface area (Å²) in [7, 11) is 1.56. The fourth-order valence-electron chi connectivity index (χ4n) is 2.36. The maximum atomic E-state index is 12.0. The zero-order valence-corrected chi connectivity index (χ0v) is 18.2. The molecule has 2 aromatic carbocycles. The van der Waals surface area contributed by atoms with Crippen molar-refractivity contribution in [3.63, 3.8) is 0 Å². The number of methoxy groups -OCH3 is 1. The summed E-state index contributed by atoms with van der Waals surface area (Å²) in [6, 6.07) is 9.92. The van der Waals surface area contributed by atoms with Crippen molar-refractivity contribution in [2.75, 3.05) is 20.3 Å². The van der Waals surface area contributed by atoms with Gasteiger partial charge < -0.3 is 14.8 Å². The minimum absolute atomic E-state index is 0.0670. The van der Waals surface area contributed by atoms with Crippen LogP contribution in [0.5, 0.6) is 11.5 Å². The number of ether oxygens (including phenoxy) is 2. The summed E-state index contributed by atoms with van der Waals surface area (Å²) in [6.07, 6.45) is 2.46. The Morgan fingerprint density at radius 1 is 1.10 bits per heavy atom. The molecule has 0 aliphatic heterocycles. The Morgan fingerprint density at radius 3 is 2.60 bits per heavy atom. The first-order chi connectivity index (χ1) is 14.4. The summed E-state index contributed by atoms with van der Waals surface area (Å²) in [5, 5.41) is 7.22. The van der Waals surface area contributed by atoms with Gasteiger partial charge in [0.05, 0.1) is 30.0 Å². The molecule has 0 saturated carbocycles. The Morgan fingerprint density at radius 2 is 1.90 bits per heavy atom. The number of hydrogen-bond acceptors (Lipinski definition) is 5. The summed E-state index contributed by atoms with van der Waals surface area (Å²) in [6.45, 7) is 2.77. The van der Waals surface area contributed by atoms with Crippen molar-refractivity contribution in [2.45, 2.75) is 19.8 Å². The van der Waals surface area contributed by atoms with E-state index in [1.165, 1.54) is 18.3 Å². The fourth-order valence-corrected chi connectivity index (χ4v) is 2.66. The van der Waals surface area contributed by atoms with E-state index in [-0.39, 0.29) is 29.8 Å². The smallest absolute Gasteiger partial charge is 0.251 e. The van der Waals surface area contributed by atoms with Crippen LogP contribution >= 0.6 is 23.2 Å². The summed E-state index contributed by atoms with van der Waals surface area (Å²) in [5.41, 5.74) is 3.52. The van der Waals surface area contributed by atoms with E-state index < -0.39 is 0 Å². The van der Waals surface area contributed by atoms with Crippen LogP contribution in [0.3, 0.4) is 0 Å². The quantitative estimate of drug-likeness (QED) is 0.420. The Bertz CT molecular complexity index is 919. The standard InChI is InChI=1S/C21H23Cl2N3O4/c1-3-10-30-18-7-4-14(11-19(18)29-2)13-25-26-20(27)8-9-24-21(28)15-5-6-16(22)17(23)12-15/h4-7,11-13H,3,8-10H2,1-2H3,(H,24,28)(H,26,27).